The van der Waals surface area contributed by atoms with E-state index in [1.807, 2.05) is 60.7 Å². The molecule has 0 aliphatic carbocycles. The SMILES string of the molecule is CCOc1c(OC)cc(C=Cc2ccc3cccc(OCc4ccccc4)c3n2)cc1[N+](=O)[O-]. The van der Waals surface area contributed by atoms with E-state index in [4.69, 9.17) is 19.2 Å². The Bertz CT molecular complexity index is 1340. The maximum atomic E-state index is 11.6. The average Bonchev–Trinajstić information content (AvgIpc) is 2.87. The Morgan fingerprint density at radius 3 is 2.50 bits per heavy atom. The van der Waals surface area contributed by atoms with E-state index >= 15 is 0 Å². The van der Waals surface area contributed by atoms with Crippen LogP contribution in [0.5, 0.6) is 17.2 Å². The van der Waals surface area contributed by atoms with Gasteiger partial charge in [0.2, 0.25) is 5.75 Å². The number of fused-ring (bicyclic) bond motifs is 1. The van der Waals surface area contributed by atoms with Crippen molar-refractivity contribution in [3.63, 3.8) is 0 Å². The van der Waals surface area contributed by atoms with E-state index in [0.29, 0.717) is 36.0 Å². The second kappa shape index (κ2) is 10.5. The van der Waals surface area contributed by atoms with Crippen LogP contribution < -0.4 is 14.2 Å². The number of benzene rings is 3. The third-order valence-corrected chi connectivity index (χ3v) is 5.15. The Kier molecular flexibility index (Phi) is 7.03. The first-order valence-corrected chi connectivity index (χ1v) is 10.8. The predicted octanol–water partition coefficient (Wildman–Crippen LogP) is 6.30. The molecule has 0 unspecified atom stereocenters. The van der Waals surface area contributed by atoms with Gasteiger partial charge in [-0.05, 0) is 42.3 Å². The molecule has 0 spiro atoms. The molecule has 3 aromatic carbocycles. The van der Waals surface area contributed by atoms with Crippen LogP contribution in [0.1, 0.15) is 23.7 Å². The van der Waals surface area contributed by atoms with Crippen molar-refractivity contribution in [2.45, 2.75) is 13.5 Å². The molecule has 0 saturated carbocycles. The standard InChI is InChI=1S/C27H24N2O5/c1-3-33-27-23(29(30)31)16-20(17-25(27)32-2)12-14-22-15-13-21-10-7-11-24(26(21)28-22)34-18-19-8-5-4-6-9-19/h4-17H,3,18H2,1-2H3. The van der Waals surface area contributed by atoms with E-state index in [1.165, 1.54) is 13.2 Å². The maximum Gasteiger partial charge on any atom is 0.315 e. The number of hydrogen-bond donors (Lipinski definition) is 0. The van der Waals surface area contributed by atoms with Crippen molar-refractivity contribution in [1.29, 1.82) is 0 Å². The second-order valence-corrected chi connectivity index (χ2v) is 7.43. The lowest BCUT2D eigenvalue weighted by Crippen LogP contribution is -2.01. The lowest BCUT2D eigenvalue weighted by Gasteiger charge is -2.10. The number of hydrogen-bond acceptors (Lipinski definition) is 6. The molecule has 0 saturated heterocycles. The molecule has 0 radical (unpaired) electrons. The second-order valence-electron chi connectivity index (χ2n) is 7.43. The summed E-state index contributed by atoms with van der Waals surface area (Å²) in [6, 6.07) is 22.8. The van der Waals surface area contributed by atoms with Crippen LogP contribution in [-0.4, -0.2) is 23.6 Å². The van der Waals surface area contributed by atoms with Crippen LogP contribution in [0.2, 0.25) is 0 Å². The number of nitro benzene ring substituents is 1. The molecular weight excluding hydrogens is 432 g/mol. The molecule has 172 valence electrons. The van der Waals surface area contributed by atoms with Crippen LogP contribution in [0.3, 0.4) is 0 Å². The van der Waals surface area contributed by atoms with Gasteiger partial charge in [-0.2, -0.15) is 0 Å². The molecule has 7 heteroatoms. The molecule has 1 aromatic heterocycles. The molecule has 0 bridgehead atoms. The third kappa shape index (κ3) is 5.15. The van der Waals surface area contributed by atoms with Gasteiger partial charge >= 0.3 is 5.69 Å². The van der Waals surface area contributed by atoms with Crippen molar-refractivity contribution in [3.8, 4) is 17.2 Å². The number of para-hydroxylation sites is 1. The molecule has 1 heterocycles. The largest absolute Gasteiger partial charge is 0.493 e. The van der Waals surface area contributed by atoms with Crippen molar-refractivity contribution in [3.05, 3.63) is 99.7 Å². The fraction of sp³-hybridized carbons (Fsp3) is 0.148. The van der Waals surface area contributed by atoms with Crippen LogP contribution in [-0.2, 0) is 6.61 Å². The van der Waals surface area contributed by atoms with Gasteiger partial charge in [-0.1, -0.05) is 54.6 Å². The molecule has 0 N–H and O–H groups in total. The number of rotatable bonds is 9. The Balaban J connectivity index is 1.63. The Morgan fingerprint density at radius 1 is 0.941 bits per heavy atom. The Morgan fingerprint density at radius 2 is 1.76 bits per heavy atom. The molecule has 4 aromatic rings. The summed E-state index contributed by atoms with van der Waals surface area (Å²) in [6.45, 7) is 2.50. The lowest BCUT2D eigenvalue weighted by molar-refractivity contribution is -0.385. The van der Waals surface area contributed by atoms with Gasteiger partial charge in [0.25, 0.3) is 0 Å². The first-order chi connectivity index (χ1) is 16.6. The minimum absolute atomic E-state index is 0.121. The summed E-state index contributed by atoms with van der Waals surface area (Å²) < 4.78 is 16.8. The average molecular weight is 456 g/mol. The van der Waals surface area contributed by atoms with Gasteiger partial charge < -0.3 is 14.2 Å². The van der Waals surface area contributed by atoms with Crippen LogP contribution in [0.25, 0.3) is 23.1 Å². The highest BCUT2D eigenvalue weighted by molar-refractivity contribution is 5.86. The van der Waals surface area contributed by atoms with Gasteiger partial charge in [0.15, 0.2) is 5.75 Å². The minimum Gasteiger partial charge on any atom is -0.493 e. The first kappa shape index (κ1) is 22.8. The van der Waals surface area contributed by atoms with Crippen LogP contribution >= 0.6 is 0 Å². The number of ether oxygens (including phenoxy) is 3. The summed E-state index contributed by atoms with van der Waals surface area (Å²) in [5.41, 5.74) is 2.96. The van der Waals surface area contributed by atoms with Gasteiger partial charge in [-0.25, -0.2) is 4.98 Å². The highest BCUT2D eigenvalue weighted by atomic mass is 16.6. The van der Waals surface area contributed by atoms with Gasteiger partial charge in [0.1, 0.15) is 17.9 Å². The zero-order chi connectivity index (χ0) is 23.9. The summed E-state index contributed by atoms with van der Waals surface area (Å²) in [4.78, 5) is 15.8. The topological polar surface area (TPSA) is 83.7 Å². The summed E-state index contributed by atoms with van der Waals surface area (Å²) in [6.07, 6.45) is 3.55. The van der Waals surface area contributed by atoms with E-state index in [2.05, 4.69) is 0 Å². The van der Waals surface area contributed by atoms with E-state index in [-0.39, 0.29) is 11.4 Å². The molecule has 0 amide bonds. The van der Waals surface area contributed by atoms with Gasteiger partial charge in [0, 0.05) is 11.5 Å². The Hall–Kier alpha value is -4.39. The quantitative estimate of drug-likeness (QED) is 0.217. The number of aromatic nitrogens is 1. The molecule has 4 rings (SSSR count). The molecule has 0 aliphatic heterocycles. The van der Waals surface area contributed by atoms with Crippen LogP contribution in [0.4, 0.5) is 5.69 Å². The van der Waals surface area contributed by atoms with Crippen molar-refractivity contribution >= 4 is 28.7 Å². The van der Waals surface area contributed by atoms with Crippen LogP contribution in [0.15, 0.2) is 72.8 Å². The molecule has 7 nitrogen and oxygen atoms in total. The normalized spacial score (nSPS) is 11.0. The summed E-state index contributed by atoms with van der Waals surface area (Å²) >= 11 is 0. The summed E-state index contributed by atoms with van der Waals surface area (Å²) in [7, 11) is 1.46. The smallest absolute Gasteiger partial charge is 0.315 e. The molecular formula is C27H24N2O5. The van der Waals surface area contributed by atoms with Gasteiger partial charge in [0.05, 0.1) is 24.3 Å². The molecule has 34 heavy (non-hydrogen) atoms. The Labute approximate surface area is 197 Å². The summed E-state index contributed by atoms with van der Waals surface area (Å²) in [5, 5.41) is 12.5. The fourth-order valence-electron chi connectivity index (χ4n) is 3.54. The van der Waals surface area contributed by atoms with Gasteiger partial charge in [-0.15, -0.1) is 0 Å². The number of pyridine rings is 1. The monoisotopic (exact) mass is 456 g/mol. The highest BCUT2D eigenvalue weighted by Gasteiger charge is 2.21. The van der Waals surface area contributed by atoms with Crippen LogP contribution in [0, 0.1) is 10.1 Å². The van der Waals surface area contributed by atoms with Crippen molar-refractivity contribution in [1.82, 2.24) is 4.98 Å². The van der Waals surface area contributed by atoms with Crippen molar-refractivity contribution in [2.75, 3.05) is 13.7 Å². The van der Waals surface area contributed by atoms with E-state index in [9.17, 15) is 10.1 Å². The third-order valence-electron chi connectivity index (χ3n) is 5.15. The van der Waals surface area contributed by atoms with E-state index in [0.717, 1.165) is 16.5 Å². The maximum absolute atomic E-state index is 11.6. The number of nitrogens with zero attached hydrogens (tertiary/aromatic N) is 2. The molecule has 0 atom stereocenters. The molecule has 0 fully saturated rings. The van der Waals surface area contributed by atoms with Crippen molar-refractivity contribution < 1.29 is 19.1 Å². The van der Waals surface area contributed by atoms with Gasteiger partial charge in [-0.3, -0.25) is 10.1 Å². The number of nitro groups is 1. The van der Waals surface area contributed by atoms with E-state index in [1.54, 1.807) is 25.1 Å². The highest BCUT2D eigenvalue weighted by Crippen LogP contribution is 2.38. The zero-order valence-corrected chi connectivity index (χ0v) is 18.9. The molecule has 0 aliphatic rings. The van der Waals surface area contributed by atoms with Crippen molar-refractivity contribution in [2.24, 2.45) is 0 Å². The minimum atomic E-state index is -0.477. The fourth-order valence-corrected chi connectivity index (χ4v) is 3.54. The number of methoxy groups -OCH3 is 1. The zero-order valence-electron chi connectivity index (χ0n) is 18.9. The predicted molar refractivity (Wildman–Crippen MR) is 132 cm³/mol. The van der Waals surface area contributed by atoms with E-state index < -0.39 is 4.92 Å². The lowest BCUT2D eigenvalue weighted by atomic mass is 10.1. The summed E-state index contributed by atoms with van der Waals surface area (Å²) in [5.74, 6) is 1.12. The first-order valence-electron chi connectivity index (χ1n) is 10.8.